The Kier molecular flexibility index (Phi) is 19.0. The van der Waals surface area contributed by atoms with Crippen molar-refractivity contribution >= 4 is 96.3 Å². The van der Waals surface area contributed by atoms with Gasteiger partial charge >= 0.3 is 0 Å². The van der Waals surface area contributed by atoms with Crippen LogP contribution < -0.4 is 32.3 Å². The second-order valence-electron chi connectivity index (χ2n) is 19.9. The van der Waals surface area contributed by atoms with Crippen molar-refractivity contribution in [3.05, 3.63) is 185 Å². The summed E-state index contributed by atoms with van der Waals surface area (Å²) in [4.78, 5) is 51.4. The molecule has 12 rings (SSSR count). The van der Waals surface area contributed by atoms with Gasteiger partial charge in [-0.15, -0.1) is 22.7 Å². The van der Waals surface area contributed by atoms with Gasteiger partial charge in [-0.05, 0) is 107 Å². The quantitative estimate of drug-likeness (QED) is 0.0816. The second-order valence-corrected chi connectivity index (χ2v) is 27.8. The Hall–Kier alpha value is -7.41. The fourth-order valence-corrected chi connectivity index (χ4v) is 15.7. The summed E-state index contributed by atoms with van der Waals surface area (Å²) in [6.45, 7) is 6.32. The largest absolute Gasteiger partial charge is 0.348 e. The van der Waals surface area contributed by atoms with Crippen molar-refractivity contribution < 1.29 is 39.6 Å². The highest BCUT2D eigenvalue weighted by atomic mass is 32.2. The summed E-state index contributed by atoms with van der Waals surface area (Å²) in [5.74, 6) is -0.518. The number of aromatic nitrogens is 4. The molecule has 9 aromatic rings. The minimum absolute atomic E-state index is 0.103. The molecule has 27 heteroatoms. The number of nitrogens with two attached hydrogens (primary N) is 1. The van der Waals surface area contributed by atoms with Gasteiger partial charge in [0.15, 0.2) is 0 Å². The average molecular weight is 1230 g/mol. The molecule has 1 atom stereocenters. The molecular formula is C57H61N13O9S5. The van der Waals surface area contributed by atoms with E-state index in [0.717, 1.165) is 42.5 Å². The number of pyridine rings is 3. The Balaban J connectivity index is 0.000000140. The molecule has 0 saturated carbocycles. The van der Waals surface area contributed by atoms with Gasteiger partial charge in [-0.3, -0.25) is 24.4 Å². The first-order valence-electron chi connectivity index (χ1n) is 26.9. The number of benzene rings is 3. The molecule has 0 bridgehead atoms. The Morgan fingerprint density at radius 2 is 0.964 bits per heavy atom. The molecule has 3 aliphatic rings. The number of rotatable bonds is 15. The summed E-state index contributed by atoms with van der Waals surface area (Å²) in [6, 6.07) is 30.8. The van der Waals surface area contributed by atoms with E-state index in [-0.39, 0.29) is 38.4 Å². The molecule has 3 fully saturated rings. The average Bonchev–Trinajstić information content (AvgIpc) is 4.43. The van der Waals surface area contributed by atoms with Gasteiger partial charge < -0.3 is 36.7 Å². The van der Waals surface area contributed by atoms with E-state index in [2.05, 4.69) is 41.5 Å². The molecule has 3 aliphatic heterocycles. The van der Waals surface area contributed by atoms with Gasteiger partial charge in [-0.2, -0.15) is 12.9 Å². The van der Waals surface area contributed by atoms with Crippen LogP contribution in [0.1, 0.15) is 52.8 Å². The van der Waals surface area contributed by atoms with Crippen LogP contribution in [-0.2, 0) is 49.7 Å². The van der Waals surface area contributed by atoms with E-state index < -0.39 is 30.1 Å². The fourth-order valence-electron chi connectivity index (χ4n) is 9.40. The van der Waals surface area contributed by atoms with Gasteiger partial charge in [0.1, 0.15) is 5.65 Å². The van der Waals surface area contributed by atoms with Crippen LogP contribution in [0.5, 0.6) is 0 Å². The SMILES string of the molecule is NC1CCN(S(=O)(=O)c2ccc(CNC(=O)c3cc4ccncc4s3)cc2)C1.O=C(NCc1ccc(S(=O)(=O)N2CCNCC2)cc1)c1cc2ccncc2s1.O=C(NCc1ccc(S(=O)(=O)N2CCNCC2)cc1)c1ccc2nccn2c1. The summed E-state index contributed by atoms with van der Waals surface area (Å²) in [7, 11) is -10.5. The number of amides is 3. The van der Waals surface area contributed by atoms with E-state index in [1.54, 1.807) is 133 Å². The molecular weight excluding hydrogens is 1170 g/mol. The number of imidazole rings is 1. The summed E-state index contributed by atoms with van der Waals surface area (Å²) in [6.07, 6.45) is 12.7. The molecule has 0 radical (unpaired) electrons. The highest BCUT2D eigenvalue weighted by Crippen LogP contribution is 2.27. The van der Waals surface area contributed by atoms with Gasteiger partial charge in [0.05, 0.1) is 39.4 Å². The van der Waals surface area contributed by atoms with Crippen molar-refractivity contribution in [1.29, 1.82) is 0 Å². The maximum atomic E-state index is 12.7. The number of carbonyl (C=O) groups is 3. The predicted molar refractivity (Wildman–Crippen MR) is 322 cm³/mol. The van der Waals surface area contributed by atoms with Gasteiger partial charge in [0.2, 0.25) is 30.1 Å². The Bertz CT molecular complexity index is 3760. The van der Waals surface area contributed by atoms with Crippen LogP contribution in [-0.4, -0.2) is 147 Å². The fraction of sp³-hybridized carbons (Fsp3) is 0.263. The lowest BCUT2D eigenvalue weighted by atomic mass is 10.2. The van der Waals surface area contributed by atoms with Crippen LogP contribution in [0.2, 0.25) is 0 Å². The van der Waals surface area contributed by atoms with Crippen LogP contribution in [0.3, 0.4) is 0 Å². The standard InChI is InChI=1S/C19H21N5O3S.2C19H20N4O3S2/c25-19(16-3-6-18-21-9-10-23(18)14-16)22-13-15-1-4-17(5-2-15)28(26,27)24-11-7-20-8-12-24;20-15-6-8-23(12-15)28(25,26)16-3-1-13(2-4-16)10-22-19(24)17-9-14-5-7-21-11-18(14)27-17;24-19(17-11-15-5-6-21-13-18(15)27-17)22-12-14-1-3-16(4-2-14)28(25,26)23-9-7-20-8-10-23/h1-6,9-10,14,20H,7-8,11-13H2,(H,22,25);1-5,7,9,11,15H,6,8,10,12,20H2,(H,22,24);1-6,11,13,20H,7-10,12H2,(H,22,24). The number of thiophene rings is 2. The molecule has 438 valence electrons. The van der Waals surface area contributed by atoms with E-state index in [0.29, 0.717) is 107 Å². The zero-order valence-electron chi connectivity index (χ0n) is 45.3. The smallest absolute Gasteiger partial charge is 0.261 e. The molecule has 22 nitrogen and oxygen atoms in total. The minimum Gasteiger partial charge on any atom is -0.348 e. The third-order valence-electron chi connectivity index (χ3n) is 14.1. The molecule has 6 aromatic heterocycles. The van der Waals surface area contributed by atoms with Gasteiger partial charge in [0, 0.05) is 135 Å². The lowest BCUT2D eigenvalue weighted by molar-refractivity contribution is 0.0943. The molecule has 3 saturated heterocycles. The normalized spacial score (nSPS) is 16.3. The van der Waals surface area contributed by atoms with Crippen molar-refractivity contribution in [2.45, 2.75) is 46.8 Å². The van der Waals surface area contributed by atoms with E-state index in [1.165, 1.54) is 35.6 Å². The zero-order chi connectivity index (χ0) is 58.8. The van der Waals surface area contributed by atoms with Gasteiger partial charge in [-0.25, -0.2) is 30.2 Å². The van der Waals surface area contributed by atoms with Gasteiger partial charge in [0.25, 0.3) is 17.7 Å². The van der Waals surface area contributed by atoms with Crippen LogP contribution >= 0.6 is 22.7 Å². The van der Waals surface area contributed by atoms with E-state index in [9.17, 15) is 39.6 Å². The molecule has 0 spiro atoms. The van der Waals surface area contributed by atoms with Crippen LogP contribution in [0, 0.1) is 0 Å². The molecule has 1 unspecified atom stereocenters. The topological polar surface area (TPSA) is 293 Å². The molecule has 84 heavy (non-hydrogen) atoms. The molecule has 3 amide bonds. The number of hydrogen-bond acceptors (Lipinski definition) is 17. The highest BCUT2D eigenvalue weighted by molar-refractivity contribution is 7.89. The van der Waals surface area contributed by atoms with Crippen LogP contribution in [0.4, 0.5) is 0 Å². The third kappa shape index (κ3) is 14.4. The zero-order valence-corrected chi connectivity index (χ0v) is 49.4. The monoisotopic (exact) mass is 1230 g/mol. The summed E-state index contributed by atoms with van der Waals surface area (Å²) < 4.78 is 84.0. The molecule has 7 N–H and O–H groups in total. The summed E-state index contributed by atoms with van der Waals surface area (Å²) in [5, 5.41) is 16.9. The second kappa shape index (κ2) is 26.7. The Morgan fingerprint density at radius 1 is 0.536 bits per heavy atom. The van der Waals surface area contributed by atoms with Crippen molar-refractivity contribution in [2.24, 2.45) is 5.73 Å². The number of piperazine rings is 2. The maximum Gasteiger partial charge on any atom is 0.261 e. The van der Waals surface area contributed by atoms with E-state index in [1.807, 2.05) is 24.3 Å². The first-order valence-corrected chi connectivity index (χ1v) is 32.9. The highest BCUT2D eigenvalue weighted by Gasteiger charge is 2.31. The number of nitrogens with zero attached hydrogens (tertiary/aromatic N) is 7. The van der Waals surface area contributed by atoms with Crippen molar-refractivity contribution in [1.82, 2.24) is 58.9 Å². The number of sulfonamides is 3. The molecule has 0 aliphatic carbocycles. The maximum absolute atomic E-state index is 12.7. The van der Waals surface area contributed by atoms with Gasteiger partial charge in [-0.1, -0.05) is 36.4 Å². The third-order valence-corrected chi connectivity index (χ3v) is 22.0. The number of nitrogens with one attached hydrogen (secondary N) is 5. The van der Waals surface area contributed by atoms with Crippen molar-refractivity contribution in [3.63, 3.8) is 0 Å². The first-order chi connectivity index (χ1) is 40.5. The first kappa shape index (κ1) is 59.7. The molecule has 3 aromatic carbocycles. The lowest BCUT2D eigenvalue weighted by Gasteiger charge is -2.26. The van der Waals surface area contributed by atoms with E-state index >= 15 is 0 Å². The van der Waals surface area contributed by atoms with E-state index in [4.69, 9.17) is 5.73 Å². The summed E-state index contributed by atoms with van der Waals surface area (Å²) in [5.41, 5.74) is 9.62. The molecule has 9 heterocycles. The number of carbonyl (C=O) groups excluding carboxylic acids is 3. The van der Waals surface area contributed by atoms with Crippen LogP contribution in [0.15, 0.2) is 167 Å². The summed E-state index contributed by atoms with van der Waals surface area (Å²) >= 11 is 2.79. The van der Waals surface area contributed by atoms with Crippen molar-refractivity contribution in [2.75, 3.05) is 65.4 Å². The minimum atomic E-state index is -3.52. The number of hydrogen-bond donors (Lipinski definition) is 6. The number of fused-ring (bicyclic) bond motifs is 3. The predicted octanol–water partition coefficient (Wildman–Crippen LogP) is 4.63. The Morgan fingerprint density at radius 3 is 1.38 bits per heavy atom. The lowest BCUT2D eigenvalue weighted by Crippen LogP contribution is -2.46. The van der Waals surface area contributed by atoms with Crippen molar-refractivity contribution in [3.8, 4) is 0 Å². The Labute approximate surface area is 494 Å². The van der Waals surface area contributed by atoms with Crippen LogP contribution in [0.25, 0.3) is 25.8 Å².